The summed E-state index contributed by atoms with van der Waals surface area (Å²) < 4.78 is 7.81. The van der Waals surface area contributed by atoms with Crippen molar-refractivity contribution in [2.75, 3.05) is 24.4 Å². The van der Waals surface area contributed by atoms with Crippen molar-refractivity contribution in [3.8, 4) is 5.75 Å². The highest BCUT2D eigenvalue weighted by Crippen LogP contribution is 2.40. The summed E-state index contributed by atoms with van der Waals surface area (Å²) in [4.78, 5) is 19.6. The molecule has 0 spiro atoms. The Hall–Kier alpha value is -2.24. The molecule has 3 atom stereocenters. The molecule has 2 aliphatic rings. The van der Waals surface area contributed by atoms with E-state index in [4.69, 9.17) is 21.3 Å². The van der Waals surface area contributed by atoms with E-state index in [-0.39, 0.29) is 17.2 Å². The number of hydrogen-bond donors (Lipinski definition) is 0. The maximum absolute atomic E-state index is 12.8. The van der Waals surface area contributed by atoms with E-state index in [9.17, 15) is 4.79 Å². The molecular weight excluding hydrogens is 433 g/mol. The molecule has 3 aromatic rings. The predicted octanol–water partition coefficient (Wildman–Crippen LogP) is 5.44. The van der Waals surface area contributed by atoms with Crippen LogP contribution < -0.4 is 9.64 Å². The lowest BCUT2D eigenvalue weighted by Crippen LogP contribution is -2.24. The Balaban J connectivity index is 0.00000112. The zero-order valence-electron chi connectivity index (χ0n) is 17.8. The number of rotatable bonds is 6. The van der Waals surface area contributed by atoms with E-state index < -0.39 is 0 Å². The first kappa shape index (κ1) is 22.0. The monoisotopic (exact) mass is 459 g/mol. The lowest BCUT2D eigenvalue weighted by atomic mass is 10.1. The summed E-state index contributed by atoms with van der Waals surface area (Å²) in [6, 6.07) is 16.0. The van der Waals surface area contributed by atoms with Crippen LogP contribution in [0, 0.1) is 5.92 Å². The van der Waals surface area contributed by atoms with Crippen LogP contribution in [0.4, 0.5) is 5.69 Å². The van der Waals surface area contributed by atoms with Crippen LogP contribution >= 0.6 is 23.2 Å². The average Bonchev–Trinajstić information content (AvgIpc) is 3.19. The number of carbonyl (C=O) groups excluding carboxylic acids is 1. The van der Waals surface area contributed by atoms with Gasteiger partial charge in [0.2, 0.25) is 5.91 Å². The van der Waals surface area contributed by atoms with Crippen molar-refractivity contribution in [2.24, 2.45) is 5.92 Å². The number of alkyl halides is 2. The fourth-order valence-corrected chi connectivity index (χ4v) is 4.56. The van der Waals surface area contributed by atoms with Crippen LogP contribution in [0.2, 0.25) is 0 Å². The van der Waals surface area contributed by atoms with E-state index >= 15 is 0 Å². The van der Waals surface area contributed by atoms with Crippen molar-refractivity contribution in [3.05, 3.63) is 54.4 Å². The topological polar surface area (TPSA) is 47.4 Å². The Kier molecular flexibility index (Phi) is 6.73. The normalized spacial score (nSPS) is 22.4. The van der Waals surface area contributed by atoms with Gasteiger partial charge in [0.05, 0.1) is 17.6 Å². The molecule has 2 aromatic carbocycles. The number of benzene rings is 2. The number of para-hydroxylation sites is 2. The van der Waals surface area contributed by atoms with Crippen LogP contribution in [0.15, 0.2) is 48.5 Å². The van der Waals surface area contributed by atoms with E-state index in [1.54, 1.807) is 0 Å². The van der Waals surface area contributed by atoms with Gasteiger partial charge in [-0.3, -0.25) is 4.79 Å². The van der Waals surface area contributed by atoms with E-state index in [0.29, 0.717) is 25.5 Å². The van der Waals surface area contributed by atoms with Crippen LogP contribution in [0.1, 0.15) is 31.5 Å². The van der Waals surface area contributed by atoms with Crippen LogP contribution in [-0.4, -0.2) is 40.4 Å². The molecule has 1 saturated carbocycles. The second kappa shape index (κ2) is 9.49. The molecule has 2 fully saturated rings. The van der Waals surface area contributed by atoms with Crippen molar-refractivity contribution in [2.45, 2.75) is 37.6 Å². The number of hydrogen-bond acceptors (Lipinski definition) is 3. The van der Waals surface area contributed by atoms with Gasteiger partial charge in [0.1, 0.15) is 11.6 Å². The minimum atomic E-state index is 0.0778. The number of nitrogens with zero attached hydrogens (tertiary/aromatic N) is 3. The summed E-state index contributed by atoms with van der Waals surface area (Å²) in [5.74, 6) is 2.53. The Morgan fingerprint density at radius 2 is 1.84 bits per heavy atom. The molecule has 3 unspecified atom stereocenters. The highest BCUT2D eigenvalue weighted by atomic mass is 35.5. The molecule has 0 radical (unpaired) electrons. The van der Waals surface area contributed by atoms with Crippen LogP contribution in [0.3, 0.4) is 0 Å². The van der Waals surface area contributed by atoms with E-state index in [0.717, 1.165) is 41.3 Å². The summed E-state index contributed by atoms with van der Waals surface area (Å²) in [6.45, 7) is 4.11. The molecule has 5 rings (SSSR count). The summed E-state index contributed by atoms with van der Waals surface area (Å²) in [5, 5.41) is 0.259. The number of ether oxygens (including phenoxy) is 1. The quantitative estimate of drug-likeness (QED) is 0.461. The van der Waals surface area contributed by atoms with Crippen LogP contribution in [0.5, 0.6) is 5.75 Å². The number of anilines is 1. The second-order valence-corrected chi connectivity index (χ2v) is 8.47. The van der Waals surface area contributed by atoms with Crippen molar-refractivity contribution in [1.82, 2.24) is 9.55 Å². The van der Waals surface area contributed by atoms with Gasteiger partial charge in [0, 0.05) is 42.9 Å². The molecule has 31 heavy (non-hydrogen) atoms. The van der Waals surface area contributed by atoms with E-state index in [1.807, 2.05) is 54.3 Å². The van der Waals surface area contributed by atoms with Gasteiger partial charge in [-0.2, -0.15) is 0 Å². The van der Waals surface area contributed by atoms with Crippen molar-refractivity contribution >= 4 is 45.8 Å². The van der Waals surface area contributed by atoms with Gasteiger partial charge in [-0.25, -0.2) is 4.98 Å². The first-order valence-electron chi connectivity index (χ1n) is 10.6. The Labute approximate surface area is 192 Å². The second-order valence-electron chi connectivity index (χ2n) is 7.91. The molecule has 7 heteroatoms. The minimum Gasteiger partial charge on any atom is -0.494 e. The Morgan fingerprint density at radius 1 is 1.13 bits per heavy atom. The molecule has 1 amide bonds. The van der Waals surface area contributed by atoms with Gasteiger partial charge in [0.15, 0.2) is 0 Å². The van der Waals surface area contributed by atoms with E-state index in [1.165, 1.54) is 6.38 Å². The van der Waals surface area contributed by atoms with Gasteiger partial charge < -0.3 is 14.2 Å². The summed E-state index contributed by atoms with van der Waals surface area (Å²) >= 11 is 10.9. The fourth-order valence-electron chi connectivity index (χ4n) is 4.25. The number of carbonyl (C=O) groups is 1. The molecule has 5 nitrogen and oxygen atoms in total. The lowest BCUT2D eigenvalue weighted by Gasteiger charge is -2.18. The first-order valence-corrected chi connectivity index (χ1v) is 11.8. The maximum atomic E-state index is 12.8. The fraction of sp³-hybridized carbons (Fsp3) is 0.417. The lowest BCUT2D eigenvalue weighted by molar-refractivity contribution is -0.117. The molecular formula is C24H27Cl2N3O2. The number of aromatic nitrogens is 2. The maximum Gasteiger partial charge on any atom is 0.227 e. The van der Waals surface area contributed by atoms with Crippen molar-refractivity contribution in [1.29, 1.82) is 0 Å². The molecule has 0 N–H and O–H groups in total. The highest BCUT2D eigenvalue weighted by molar-refractivity contribution is 6.22. The smallest absolute Gasteiger partial charge is 0.227 e. The molecule has 1 aromatic heterocycles. The summed E-state index contributed by atoms with van der Waals surface area (Å²) in [7, 11) is 0. The van der Waals surface area contributed by atoms with Gasteiger partial charge in [-0.05, 0) is 55.7 Å². The molecule has 1 aliphatic carbocycles. The van der Waals surface area contributed by atoms with Crippen molar-refractivity contribution in [3.63, 3.8) is 0 Å². The third-order valence-electron chi connectivity index (χ3n) is 5.89. The largest absolute Gasteiger partial charge is 0.494 e. The summed E-state index contributed by atoms with van der Waals surface area (Å²) in [5.41, 5.74) is 3.03. The van der Waals surface area contributed by atoms with Gasteiger partial charge in [-0.1, -0.05) is 12.1 Å². The van der Waals surface area contributed by atoms with Gasteiger partial charge >= 0.3 is 0 Å². The standard InChI is InChI=1S/C23H24ClN3O2.CH3Cl/c1-2-29-18-9-7-17(8-10-18)26-14-16(12-22(26)28)23-25-20-5-3-4-6-21(20)27(23)13-15-11-19(15)24;1-2/h3-10,15-16,19H,2,11-14H2,1H3;1H3. The number of amides is 1. The summed E-state index contributed by atoms with van der Waals surface area (Å²) in [6.07, 6.45) is 3.00. The average molecular weight is 460 g/mol. The molecule has 0 bridgehead atoms. The van der Waals surface area contributed by atoms with Crippen LogP contribution in [-0.2, 0) is 11.3 Å². The molecule has 1 aliphatic heterocycles. The minimum absolute atomic E-state index is 0.0778. The zero-order chi connectivity index (χ0) is 22.0. The molecule has 164 valence electrons. The van der Waals surface area contributed by atoms with Gasteiger partial charge in [-0.15, -0.1) is 23.2 Å². The predicted molar refractivity (Wildman–Crippen MR) is 127 cm³/mol. The SMILES string of the molecule is CCOc1ccc(N2CC(c3nc4ccccc4n3CC3CC3Cl)CC2=O)cc1.CCl. The van der Waals surface area contributed by atoms with Crippen molar-refractivity contribution < 1.29 is 9.53 Å². The van der Waals surface area contributed by atoms with Gasteiger partial charge in [0.25, 0.3) is 0 Å². The number of halogens is 2. The third-order valence-corrected chi connectivity index (χ3v) is 6.42. The van der Waals surface area contributed by atoms with Crippen LogP contribution in [0.25, 0.3) is 11.0 Å². The highest BCUT2D eigenvalue weighted by Gasteiger charge is 2.39. The Bertz CT molecular complexity index is 1050. The first-order chi connectivity index (χ1) is 15.1. The zero-order valence-corrected chi connectivity index (χ0v) is 19.3. The Morgan fingerprint density at radius 3 is 2.52 bits per heavy atom. The number of imidazole rings is 1. The molecule has 2 heterocycles. The molecule has 1 saturated heterocycles. The third kappa shape index (κ3) is 4.53. The van der Waals surface area contributed by atoms with E-state index in [2.05, 4.69) is 22.2 Å². The number of fused-ring (bicyclic) bond motifs is 1.